The fraction of sp³-hybridized carbons (Fsp3) is 0.857. The van der Waals surface area contributed by atoms with Crippen molar-refractivity contribution in [1.29, 1.82) is 0 Å². The van der Waals surface area contributed by atoms with Crippen molar-refractivity contribution in [3.8, 4) is 0 Å². The third-order valence-corrected chi connectivity index (χ3v) is 1.93. The van der Waals surface area contributed by atoms with Gasteiger partial charge in [-0.1, -0.05) is 13.8 Å². The summed E-state index contributed by atoms with van der Waals surface area (Å²) in [6, 6.07) is 0.400. The van der Waals surface area contributed by atoms with E-state index in [0.29, 0.717) is 12.0 Å². The quantitative estimate of drug-likeness (QED) is 0.518. The maximum Gasteiger partial charge on any atom is 0.225 e. The van der Waals surface area contributed by atoms with E-state index < -0.39 is 0 Å². The Bertz CT molecular complexity index is 126. The Labute approximate surface area is 55.6 Å². The van der Waals surface area contributed by atoms with Gasteiger partial charge in [0.15, 0.2) is 0 Å². The Morgan fingerprint density at radius 1 is 1.56 bits per heavy atom. The van der Waals surface area contributed by atoms with Gasteiger partial charge in [-0.2, -0.15) is 0 Å². The first kappa shape index (κ1) is 6.59. The molecule has 0 aliphatic carbocycles. The van der Waals surface area contributed by atoms with Crippen molar-refractivity contribution in [3.05, 3.63) is 0 Å². The number of rotatable bonds is 1. The normalized spacial score (nSPS) is 34.0. The molecule has 1 saturated heterocycles. The minimum atomic E-state index is 0.220. The maximum atomic E-state index is 10.8. The molecule has 0 aromatic rings. The van der Waals surface area contributed by atoms with Gasteiger partial charge in [-0.15, -0.1) is 0 Å². The van der Waals surface area contributed by atoms with Crippen LogP contribution in [0.4, 0.5) is 0 Å². The Kier molecular flexibility index (Phi) is 1.47. The van der Waals surface area contributed by atoms with Crippen molar-refractivity contribution < 1.29 is 4.79 Å². The number of nitrogens with one attached hydrogen (secondary N) is 1. The van der Waals surface area contributed by atoms with Crippen molar-refractivity contribution in [2.24, 2.45) is 11.8 Å². The van der Waals surface area contributed by atoms with Crippen LogP contribution >= 0.6 is 0 Å². The summed E-state index contributed by atoms with van der Waals surface area (Å²) in [6.07, 6.45) is 0. The molecule has 0 spiro atoms. The molecule has 0 unspecified atom stereocenters. The van der Waals surface area contributed by atoms with Crippen LogP contribution in [0.5, 0.6) is 0 Å². The number of hydrogen-bond donors (Lipinski definition) is 1. The highest BCUT2D eigenvalue weighted by molar-refractivity contribution is 5.85. The Morgan fingerprint density at radius 3 is 2.22 bits per heavy atom. The van der Waals surface area contributed by atoms with Crippen LogP contribution in [0.3, 0.4) is 0 Å². The van der Waals surface area contributed by atoms with E-state index in [4.69, 9.17) is 0 Å². The van der Waals surface area contributed by atoms with Crippen LogP contribution in [0.2, 0.25) is 0 Å². The molecule has 0 saturated carbocycles. The van der Waals surface area contributed by atoms with E-state index in [1.165, 1.54) is 0 Å². The molecule has 1 heterocycles. The van der Waals surface area contributed by atoms with E-state index in [2.05, 4.69) is 19.2 Å². The standard InChI is InChI=1S/C7H13NO/c1-4(2)6-5(3)8-7(6)9/h4-6H,1-3H3,(H,8,9)/t5-,6+/m0/s1. The summed E-state index contributed by atoms with van der Waals surface area (Å²) in [5.74, 6) is 0.983. The van der Waals surface area contributed by atoms with E-state index in [-0.39, 0.29) is 11.8 Å². The lowest BCUT2D eigenvalue weighted by Crippen LogP contribution is -2.58. The van der Waals surface area contributed by atoms with Crippen molar-refractivity contribution in [1.82, 2.24) is 5.32 Å². The molecule has 1 amide bonds. The van der Waals surface area contributed by atoms with Gasteiger partial charge in [0.05, 0.1) is 5.92 Å². The first-order valence-electron chi connectivity index (χ1n) is 3.43. The van der Waals surface area contributed by atoms with Crippen LogP contribution in [0.1, 0.15) is 20.8 Å². The lowest BCUT2D eigenvalue weighted by atomic mass is 9.82. The largest absolute Gasteiger partial charge is 0.353 e. The average Bonchev–Trinajstić information content (AvgIpc) is 1.62. The zero-order valence-electron chi connectivity index (χ0n) is 6.14. The number of amides is 1. The number of carbonyl (C=O) groups excluding carboxylic acids is 1. The minimum Gasteiger partial charge on any atom is -0.353 e. The molecule has 0 bridgehead atoms. The van der Waals surface area contributed by atoms with E-state index in [1.807, 2.05) is 6.92 Å². The monoisotopic (exact) mass is 127 g/mol. The first-order valence-corrected chi connectivity index (χ1v) is 3.43. The highest BCUT2D eigenvalue weighted by Gasteiger charge is 2.37. The van der Waals surface area contributed by atoms with Gasteiger partial charge in [0.25, 0.3) is 0 Å². The highest BCUT2D eigenvalue weighted by atomic mass is 16.2. The zero-order chi connectivity index (χ0) is 7.02. The Balaban J connectivity index is 2.49. The lowest BCUT2D eigenvalue weighted by Gasteiger charge is -2.36. The molecule has 2 nitrogen and oxygen atoms in total. The third kappa shape index (κ3) is 0.934. The van der Waals surface area contributed by atoms with Gasteiger partial charge in [0, 0.05) is 6.04 Å². The molecule has 1 aliphatic heterocycles. The number of β-lactam (4-membered cyclic amide) rings is 1. The van der Waals surface area contributed by atoms with Gasteiger partial charge in [-0.05, 0) is 12.8 Å². The molecular weight excluding hydrogens is 114 g/mol. The van der Waals surface area contributed by atoms with E-state index in [1.54, 1.807) is 0 Å². The molecular formula is C7H13NO. The second-order valence-corrected chi connectivity index (χ2v) is 3.07. The van der Waals surface area contributed by atoms with Gasteiger partial charge in [-0.3, -0.25) is 4.79 Å². The van der Waals surface area contributed by atoms with E-state index in [0.717, 1.165) is 0 Å². The van der Waals surface area contributed by atoms with Gasteiger partial charge in [-0.25, -0.2) is 0 Å². The highest BCUT2D eigenvalue weighted by Crippen LogP contribution is 2.22. The van der Waals surface area contributed by atoms with Crippen molar-refractivity contribution in [2.75, 3.05) is 0 Å². The first-order chi connectivity index (χ1) is 4.13. The number of carbonyl (C=O) groups is 1. The van der Waals surface area contributed by atoms with E-state index in [9.17, 15) is 4.79 Å². The molecule has 1 fully saturated rings. The molecule has 0 aromatic heterocycles. The van der Waals surface area contributed by atoms with Crippen molar-refractivity contribution in [3.63, 3.8) is 0 Å². The van der Waals surface area contributed by atoms with Crippen LogP contribution in [-0.2, 0) is 4.79 Å². The van der Waals surface area contributed by atoms with Crippen LogP contribution in [-0.4, -0.2) is 11.9 Å². The predicted molar refractivity (Wildman–Crippen MR) is 35.9 cm³/mol. The molecule has 1 N–H and O–H groups in total. The molecule has 52 valence electrons. The van der Waals surface area contributed by atoms with Gasteiger partial charge in [0.2, 0.25) is 5.91 Å². The van der Waals surface area contributed by atoms with Gasteiger partial charge in [0.1, 0.15) is 0 Å². The summed E-state index contributed by atoms with van der Waals surface area (Å²) >= 11 is 0. The lowest BCUT2D eigenvalue weighted by molar-refractivity contribution is -0.136. The van der Waals surface area contributed by atoms with Gasteiger partial charge < -0.3 is 5.32 Å². The summed E-state index contributed by atoms with van der Waals surface area (Å²) in [5.41, 5.74) is 0. The Morgan fingerprint density at radius 2 is 2.11 bits per heavy atom. The molecule has 0 radical (unpaired) electrons. The fourth-order valence-electron chi connectivity index (χ4n) is 1.42. The second kappa shape index (κ2) is 2.01. The minimum absolute atomic E-state index is 0.220. The third-order valence-electron chi connectivity index (χ3n) is 1.93. The maximum absolute atomic E-state index is 10.8. The SMILES string of the molecule is CC(C)[C@H]1C(=O)N[C@H]1C. The predicted octanol–water partition coefficient (Wildman–Crippen LogP) is 0.777. The molecule has 9 heavy (non-hydrogen) atoms. The summed E-state index contributed by atoms with van der Waals surface area (Å²) in [6.45, 7) is 6.21. The van der Waals surface area contributed by atoms with Crippen LogP contribution < -0.4 is 5.32 Å². The van der Waals surface area contributed by atoms with Crippen LogP contribution in [0.25, 0.3) is 0 Å². The molecule has 2 atom stereocenters. The summed E-state index contributed by atoms with van der Waals surface area (Å²) in [4.78, 5) is 10.8. The topological polar surface area (TPSA) is 29.1 Å². The summed E-state index contributed by atoms with van der Waals surface area (Å²) < 4.78 is 0. The summed E-state index contributed by atoms with van der Waals surface area (Å²) in [7, 11) is 0. The van der Waals surface area contributed by atoms with Crippen molar-refractivity contribution >= 4 is 5.91 Å². The zero-order valence-corrected chi connectivity index (χ0v) is 6.14. The average molecular weight is 127 g/mol. The van der Waals surface area contributed by atoms with Crippen molar-refractivity contribution in [2.45, 2.75) is 26.8 Å². The fourth-order valence-corrected chi connectivity index (χ4v) is 1.42. The molecule has 0 aromatic carbocycles. The Hall–Kier alpha value is -0.530. The van der Waals surface area contributed by atoms with Gasteiger partial charge >= 0.3 is 0 Å². The second-order valence-electron chi connectivity index (χ2n) is 3.07. The molecule has 1 aliphatic rings. The summed E-state index contributed by atoms with van der Waals surface area (Å²) in [5, 5.41) is 2.80. The molecule has 1 rings (SSSR count). The molecule has 2 heteroatoms. The van der Waals surface area contributed by atoms with E-state index >= 15 is 0 Å². The van der Waals surface area contributed by atoms with Crippen LogP contribution in [0.15, 0.2) is 0 Å². The number of hydrogen-bond acceptors (Lipinski definition) is 1. The van der Waals surface area contributed by atoms with Crippen LogP contribution in [0, 0.1) is 11.8 Å². The smallest absolute Gasteiger partial charge is 0.225 e.